The van der Waals surface area contributed by atoms with Gasteiger partial charge in [0.1, 0.15) is 11.4 Å². The van der Waals surface area contributed by atoms with Gasteiger partial charge in [0.2, 0.25) is 0 Å². The van der Waals surface area contributed by atoms with Gasteiger partial charge in [0.15, 0.2) is 0 Å². The molecule has 0 bridgehead atoms. The average Bonchev–Trinajstić information content (AvgIpc) is 2.82. The summed E-state index contributed by atoms with van der Waals surface area (Å²) in [6.45, 7) is 3.67. The van der Waals surface area contributed by atoms with Crippen molar-refractivity contribution in [3.8, 4) is 0 Å². The highest BCUT2D eigenvalue weighted by Crippen LogP contribution is 2.27. The van der Waals surface area contributed by atoms with E-state index in [0.717, 1.165) is 24.1 Å². The molecule has 2 amide bonds. The van der Waals surface area contributed by atoms with Crippen LogP contribution in [-0.4, -0.2) is 34.8 Å². The number of pyridine rings is 1. The van der Waals surface area contributed by atoms with Crippen molar-refractivity contribution in [1.29, 1.82) is 0 Å². The van der Waals surface area contributed by atoms with Crippen molar-refractivity contribution in [2.24, 2.45) is 0 Å². The van der Waals surface area contributed by atoms with Crippen LogP contribution in [0.4, 0.5) is 5.69 Å². The highest BCUT2D eigenvalue weighted by atomic mass is 16.2. The van der Waals surface area contributed by atoms with Crippen molar-refractivity contribution < 1.29 is 9.59 Å². The predicted octanol–water partition coefficient (Wildman–Crippen LogP) is 4.34. The summed E-state index contributed by atoms with van der Waals surface area (Å²) in [5.74, 6) is -0.335. The van der Waals surface area contributed by atoms with E-state index >= 15 is 0 Å². The highest BCUT2D eigenvalue weighted by molar-refractivity contribution is 6.06. The Balaban J connectivity index is 1.56. The Labute approximate surface area is 177 Å². The van der Waals surface area contributed by atoms with Crippen LogP contribution >= 0.6 is 0 Å². The number of para-hydroxylation sites is 1. The molecule has 3 aromatic rings. The van der Waals surface area contributed by atoms with Crippen molar-refractivity contribution in [2.75, 3.05) is 18.0 Å². The van der Waals surface area contributed by atoms with Gasteiger partial charge in [-0.15, -0.1) is 0 Å². The molecular formula is C25H25N3O2. The topological polar surface area (TPSA) is 53.5 Å². The number of carbonyl (C=O) groups is 2. The lowest BCUT2D eigenvalue weighted by molar-refractivity contribution is 0.0746. The van der Waals surface area contributed by atoms with E-state index in [4.69, 9.17) is 0 Å². The first-order chi connectivity index (χ1) is 14.7. The second kappa shape index (κ2) is 8.91. The van der Waals surface area contributed by atoms with Crippen LogP contribution in [0.15, 0.2) is 72.8 Å². The number of aryl methyl sites for hydroxylation is 1. The fourth-order valence-corrected chi connectivity index (χ4v) is 3.85. The summed E-state index contributed by atoms with van der Waals surface area (Å²) in [6.07, 6.45) is 1.89. The summed E-state index contributed by atoms with van der Waals surface area (Å²) in [4.78, 5) is 34.2. The number of hydrogen-bond acceptors (Lipinski definition) is 3. The first-order valence-electron chi connectivity index (χ1n) is 10.4. The lowest BCUT2D eigenvalue weighted by Crippen LogP contribution is -2.36. The number of nitrogens with zero attached hydrogens (tertiary/aromatic N) is 3. The number of amides is 2. The van der Waals surface area contributed by atoms with E-state index in [1.54, 1.807) is 28.0 Å². The van der Waals surface area contributed by atoms with Gasteiger partial charge in [-0.25, -0.2) is 4.98 Å². The fourth-order valence-electron chi connectivity index (χ4n) is 3.85. The van der Waals surface area contributed by atoms with E-state index in [0.29, 0.717) is 31.0 Å². The third kappa shape index (κ3) is 4.10. The Morgan fingerprint density at radius 3 is 2.47 bits per heavy atom. The number of aromatic nitrogens is 1. The Morgan fingerprint density at radius 1 is 0.933 bits per heavy atom. The molecule has 4 rings (SSSR count). The van der Waals surface area contributed by atoms with Crippen molar-refractivity contribution in [1.82, 2.24) is 9.88 Å². The van der Waals surface area contributed by atoms with Gasteiger partial charge in [0.05, 0.1) is 0 Å². The lowest BCUT2D eigenvalue weighted by atomic mass is 10.0. The molecular weight excluding hydrogens is 374 g/mol. The average molecular weight is 399 g/mol. The minimum Gasteiger partial charge on any atom is -0.333 e. The van der Waals surface area contributed by atoms with Gasteiger partial charge in [-0.1, -0.05) is 54.6 Å². The molecule has 5 heteroatoms. The maximum atomic E-state index is 13.2. The molecule has 0 aliphatic carbocycles. The molecule has 0 fully saturated rings. The zero-order valence-electron chi connectivity index (χ0n) is 17.1. The molecule has 2 heterocycles. The van der Waals surface area contributed by atoms with E-state index in [1.807, 2.05) is 55.5 Å². The smallest absolute Gasteiger partial charge is 0.276 e. The monoisotopic (exact) mass is 399 g/mol. The second-order valence-corrected chi connectivity index (χ2v) is 7.40. The Bertz CT molecular complexity index is 1050. The molecule has 152 valence electrons. The van der Waals surface area contributed by atoms with Crippen LogP contribution in [0.25, 0.3) is 0 Å². The van der Waals surface area contributed by atoms with Crippen LogP contribution in [0, 0.1) is 0 Å². The summed E-state index contributed by atoms with van der Waals surface area (Å²) in [7, 11) is 0. The molecule has 1 aliphatic rings. The van der Waals surface area contributed by atoms with E-state index < -0.39 is 0 Å². The maximum Gasteiger partial charge on any atom is 0.276 e. The SMILES string of the molecule is CCN(Cc1ccccc1)C(=O)c1cccc(C(=O)N2CCCc3ccccc32)n1. The molecule has 0 N–H and O–H groups in total. The first kappa shape index (κ1) is 19.8. The van der Waals surface area contributed by atoms with E-state index in [2.05, 4.69) is 11.1 Å². The van der Waals surface area contributed by atoms with E-state index in [1.165, 1.54) is 5.56 Å². The Morgan fingerprint density at radius 2 is 1.67 bits per heavy atom. The minimum atomic E-state index is -0.171. The van der Waals surface area contributed by atoms with Crippen molar-refractivity contribution >= 4 is 17.5 Å². The molecule has 0 unspecified atom stereocenters. The van der Waals surface area contributed by atoms with Gasteiger partial charge < -0.3 is 9.80 Å². The minimum absolute atomic E-state index is 0.164. The predicted molar refractivity (Wildman–Crippen MR) is 118 cm³/mol. The van der Waals surface area contributed by atoms with Crippen LogP contribution in [0.1, 0.15) is 45.4 Å². The standard InChI is InChI=1S/C25H25N3O2/c1-2-27(18-19-10-4-3-5-11-19)24(29)21-14-8-15-22(26-21)25(30)28-17-9-13-20-12-6-7-16-23(20)28/h3-8,10-12,14-16H,2,9,13,17-18H2,1H3. The van der Waals surface area contributed by atoms with Gasteiger partial charge in [-0.2, -0.15) is 0 Å². The Hall–Kier alpha value is -3.47. The quantitative estimate of drug-likeness (QED) is 0.641. The fraction of sp³-hybridized carbons (Fsp3) is 0.240. The Kier molecular flexibility index (Phi) is 5.89. The third-order valence-electron chi connectivity index (χ3n) is 5.43. The van der Waals surface area contributed by atoms with Gasteiger partial charge in [0.25, 0.3) is 11.8 Å². The molecule has 0 saturated carbocycles. The van der Waals surface area contributed by atoms with E-state index in [9.17, 15) is 9.59 Å². The van der Waals surface area contributed by atoms with Crippen LogP contribution in [0.5, 0.6) is 0 Å². The van der Waals surface area contributed by atoms with Crippen molar-refractivity contribution in [3.63, 3.8) is 0 Å². The number of carbonyl (C=O) groups excluding carboxylic acids is 2. The number of anilines is 1. The van der Waals surface area contributed by atoms with Crippen LogP contribution in [0.3, 0.4) is 0 Å². The molecule has 1 aliphatic heterocycles. The molecule has 1 aromatic heterocycles. The molecule has 0 radical (unpaired) electrons. The number of fused-ring (bicyclic) bond motifs is 1. The summed E-state index contributed by atoms with van der Waals surface area (Å²) in [6, 6.07) is 22.9. The molecule has 0 atom stereocenters. The molecule has 0 saturated heterocycles. The van der Waals surface area contributed by atoms with Crippen LogP contribution in [0.2, 0.25) is 0 Å². The number of rotatable bonds is 5. The van der Waals surface area contributed by atoms with Gasteiger partial charge >= 0.3 is 0 Å². The lowest BCUT2D eigenvalue weighted by Gasteiger charge is -2.29. The molecule has 30 heavy (non-hydrogen) atoms. The second-order valence-electron chi connectivity index (χ2n) is 7.40. The summed E-state index contributed by atoms with van der Waals surface area (Å²) in [5.41, 5.74) is 3.76. The van der Waals surface area contributed by atoms with Crippen LogP contribution < -0.4 is 4.90 Å². The number of hydrogen-bond donors (Lipinski definition) is 0. The van der Waals surface area contributed by atoms with Gasteiger partial charge in [-0.05, 0) is 49.1 Å². The normalized spacial score (nSPS) is 12.9. The number of benzene rings is 2. The third-order valence-corrected chi connectivity index (χ3v) is 5.43. The van der Waals surface area contributed by atoms with Gasteiger partial charge in [0, 0.05) is 25.3 Å². The van der Waals surface area contributed by atoms with Crippen molar-refractivity contribution in [3.05, 3.63) is 95.3 Å². The zero-order chi connectivity index (χ0) is 20.9. The van der Waals surface area contributed by atoms with Crippen LogP contribution in [-0.2, 0) is 13.0 Å². The maximum absolute atomic E-state index is 13.2. The summed E-state index contributed by atoms with van der Waals surface area (Å²) < 4.78 is 0. The first-order valence-corrected chi connectivity index (χ1v) is 10.4. The van der Waals surface area contributed by atoms with Gasteiger partial charge in [-0.3, -0.25) is 9.59 Å². The molecule has 5 nitrogen and oxygen atoms in total. The largest absolute Gasteiger partial charge is 0.333 e. The van der Waals surface area contributed by atoms with Crippen molar-refractivity contribution in [2.45, 2.75) is 26.3 Å². The highest BCUT2D eigenvalue weighted by Gasteiger charge is 2.25. The van der Waals surface area contributed by atoms with E-state index in [-0.39, 0.29) is 11.8 Å². The molecule has 0 spiro atoms. The summed E-state index contributed by atoms with van der Waals surface area (Å²) in [5, 5.41) is 0. The zero-order valence-corrected chi connectivity index (χ0v) is 17.1. The molecule has 2 aromatic carbocycles. The summed E-state index contributed by atoms with van der Waals surface area (Å²) >= 11 is 0.